The van der Waals surface area contributed by atoms with E-state index in [0.717, 1.165) is 0 Å². The molecule has 5 nitrogen and oxygen atoms in total. The Kier molecular flexibility index (Phi) is 5.39. The van der Waals surface area contributed by atoms with Gasteiger partial charge in [0, 0.05) is 6.04 Å². The molecule has 0 aliphatic heterocycles. The van der Waals surface area contributed by atoms with Crippen molar-refractivity contribution in [2.75, 3.05) is 11.1 Å². The van der Waals surface area contributed by atoms with Crippen LogP contribution in [0.15, 0.2) is 29.2 Å². The Morgan fingerprint density at radius 3 is 2.33 bits per heavy atom. The standard InChI is InChI=1S/C15H23NO4S/c1-5-21(19,20)12-9-7-6-8-11(12)16-13(10-14(17)18)15(2,3)4/h6-9,13,16H,5,10H2,1-4H3,(H,17,18). The first-order valence-corrected chi connectivity index (χ1v) is 8.53. The number of nitrogens with one attached hydrogen (secondary N) is 1. The van der Waals surface area contributed by atoms with Crippen molar-refractivity contribution in [3.63, 3.8) is 0 Å². The number of benzene rings is 1. The zero-order chi connectivity index (χ0) is 16.3. The van der Waals surface area contributed by atoms with Gasteiger partial charge < -0.3 is 10.4 Å². The molecule has 6 heteroatoms. The van der Waals surface area contributed by atoms with E-state index >= 15 is 0 Å². The van der Waals surface area contributed by atoms with E-state index in [4.69, 9.17) is 5.11 Å². The van der Waals surface area contributed by atoms with Crippen molar-refractivity contribution >= 4 is 21.5 Å². The lowest BCUT2D eigenvalue weighted by atomic mass is 9.84. The highest BCUT2D eigenvalue weighted by Crippen LogP contribution is 2.29. The van der Waals surface area contributed by atoms with Gasteiger partial charge in [0.25, 0.3) is 0 Å². The molecular weight excluding hydrogens is 290 g/mol. The van der Waals surface area contributed by atoms with Crippen LogP contribution in [0.3, 0.4) is 0 Å². The van der Waals surface area contributed by atoms with Gasteiger partial charge in [0.2, 0.25) is 0 Å². The SMILES string of the molecule is CCS(=O)(=O)c1ccccc1NC(CC(=O)O)C(C)(C)C. The smallest absolute Gasteiger partial charge is 0.305 e. The van der Waals surface area contributed by atoms with Gasteiger partial charge in [-0.3, -0.25) is 4.79 Å². The quantitative estimate of drug-likeness (QED) is 0.843. The maximum Gasteiger partial charge on any atom is 0.305 e. The van der Waals surface area contributed by atoms with Crippen LogP contribution in [0, 0.1) is 5.41 Å². The van der Waals surface area contributed by atoms with E-state index < -0.39 is 15.8 Å². The minimum Gasteiger partial charge on any atom is -0.481 e. The minimum atomic E-state index is -3.36. The van der Waals surface area contributed by atoms with Crippen LogP contribution >= 0.6 is 0 Å². The fourth-order valence-electron chi connectivity index (χ4n) is 1.95. The molecule has 0 fully saturated rings. The number of rotatable bonds is 6. The fourth-order valence-corrected chi connectivity index (χ4v) is 3.01. The van der Waals surface area contributed by atoms with Gasteiger partial charge in [0.05, 0.1) is 22.8 Å². The van der Waals surface area contributed by atoms with Gasteiger partial charge in [0.1, 0.15) is 0 Å². The third kappa shape index (κ3) is 4.74. The molecule has 0 saturated heterocycles. The molecule has 1 rings (SSSR count). The van der Waals surface area contributed by atoms with Gasteiger partial charge in [-0.25, -0.2) is 8.42 Å². The maximum absolute atomic E-state index is 12.1. The first kappa shape index (κ1) is 17.5. The molecule has 0 bridgehead atoms. The predicted octanol–water partition coefficient (Wildman–Crippen LogP) is 2.78. The molecule has 0 aliphatic rings. The molecule has 1 atom stereocenters. The lowest BCUT2D eigenvalue weighted by molar-refractivity contribution is -0.137. The van der Waals surface area contributed by atoms with Crippen LogP contribution in [0.4, 0.5) is 5.69 Å². The summed E-state index contributed by atoms with van der Waals surface area (Å²) in [5, 5.41) is 12.1. The second kappa shape index (κ2) is 6.47. The van der Waals surface area contributed by atoms with E-state index in [2.05, 4.69) is 5.32 Å². The largest absolute Gasteiger partial charge is 0.481 e. The average Bonchev–Trinajstić information content (AvgIpc) is 2.37. The number of hydrogen-bond donors (Lipinski definition) is 2. The monoisotopic (exact) mass is 313 g/mol. The number of sulfone groups is 1. The third-order valence-electron chi connectivity index (χ3n) is 3.36. The second-order valence-electron chi connectivity index (χ2n) is 6.06. The number of carboxylic acids is 1. The maximum atomic E-state index is 12.1. The zero-order valence-corrected chi connectivity index (χ0v) is 13.7. The first-order valence-electron chi connectivity index (χ1n) is 6.88. The molecule has 21 heavy (non-hydrogen) atoms. The molecule has 0 amide bonds. The number of anilines is 1. The molecule has 0 saturated carbocycles. The van der Waals surface area contributed by atoms with Crippen molar-refractivity contribution in [2.45, 2.75) is 45.1 Å². The lowest BCUT2D eigenvalue weighted by Gasteiger charge is -2.31. The lowest BCUT2D eigenvalue weighted by Crippen LogP contribution is -2.36. The van der Waals surface area contributed by atoms with Crippen LogP contribution in [0.5, 0.6) is 0 Å². The van der Waals surface area contributed by atoms with Gasteiger partial charge in [-0.1, -0.05) is 39.8 Å². The zero-order valence-electron chi connectivity index (χ0n) is 12.9. The van der Waals surface area contributed by atoms with E-state index in [9.17, 15) is 13.2 Å². The molecule has 1 aromatic rings. The van der Waals surface area contributed by atoms with Gasteiger partial charge in [0.15, 0.2) is 9.84 Å². The molecule has 0 spiro atoms. The van der Waals surface area contributed by atoms with Gasteiger partial charge in [-0.15, -0.1) is 0 Å². The summed E-state index contributed by atoms with van der Waals surface area (Å²) >= 11 is 0. The van der Waals surface area contributed by atoms with Crippen LogP contribution in [-0.4, -0.2) is 31.3 Å². The number of para-hydroxylation sites is 1. The van der Waals surface area contributed by atoms with E-state index in [1.54, 1.807) is 31.2 Å². The summed E-state index contributed by atoms with van der Waals surface area (Å²) < 4.78 is 24.2. The van der Waals surface area contributed by atoms with Crippen LogP contribution in [0.25, 0.3) is 0 Å². The first-order chi connectivity index (χ1) is 9.58. The van der Waals surface area contributed by atoms with Crippen molar-refractivity contribution in [3.8, 4) is 0 Å². The summed E-state index contributed by atoms with van der Waals surface area (Å²) in [7, 11) is -3.36. The van der Waals surface area contributed by atoms with Gasteiger partial charge in [-0.2, -0.15) is 0 Å². The Bertz CT molecular complexity index is 602. The second-order valence-corrected chi connectivity index (χ2v) is 8.31. The molecule has 0 heterocycles. The van der Waals surface area contributed by atoms with Crippen LogP contribution < -0.4 is 5.32 Å². The number of carboxylic acid groups (broad SMARTS) is 1. The fraction of sp³-hybridized carbons (Fsp3) is 0.533. The van der Waals surface area contributed by atoms with Gasteiger partial charge in [-0.05, 0) is 17.5 Å². The highest BCUT2D eigenvalue weighted by atomic mass is 32.2. The normalized spacial score (nSPS) is 13.7. The van der Waals surface area contributed by atoms with Crippen LogP contribution in [0.1, 0.15) is 34.1 Å². The highest BCUT2D eigenvalue weighted by Gasteiger charge is 2.28. The molecular formula is C15H23NO4S. The molecule has 1 unspecified atom stereocenters. The summed E-state index contributed by atoms with van der Waals surface area (Å²) in [5.41, 5.74) is 0.141. The molecule has 118 valence electrons. The van der Waals surface area contributed by atoms with Crippen LogP contribution in [0.2, 0.25) is 0 Å². The summed E-state index contributed by atoms with van der Waals surface area (Å²) in [5.74, 6) is -0.914. The minimum absolute atomic E-state index is 0.00477. The summed E-state index contributed by atoms with van der Waals surface area (Å²) in [6, 6.07) is 6.24. The Labute approximate surface area is 126 Å². The summed E-state index contributed by atoms with van der Waals surface area (Å²) in [6.07, 6.45) is -0.0794. The topological polar surface area (TPSA) is 83.5 Å². The van der Waals surface area contributed by atoms with Crippen molar-refractivity contribution in [3.05, 3.63) is 24.3 Å². The Hall–Kier alpha value is -1.56. The van der Waals surface area contributed by atoms with E-state index in [-0.39, 0.29) is 28.5 Å². The molecule has 2 N–H and O–H groups in total. The van der Waals surface area contributed by atoms with Crippen LogP contribution in [-0.2, 0) is 14.6 Å². The van der Waals surface area contributed by atoms with E-state index in [0.29, 0.717) is 5.69 Å². The number of carbonyl (C=O) groups is 1. The summed E-state index contributed by atoms with van der Waals surface area (Å²) in [6.45, 7) is 7.35. The molecule has 0 aromatic heterocycles. The Morgan fingerprint density at radius 1 is 1.29 bits per heavy atom. The number of aliphatic carboxylic acids is 1. The predicted molar refractivity (Wildman–Crippen MR) is 83.3 cm³/mol. The molecule has 1 aromatic carbocycles. The number of hydrogen-bond acceptors (Lipinski definition) is 4. The van der Waals surface area contributed by atoms with Crippen molar-refractivity contribution in [1.82, 2.24) is 0 Å². The Balaban J connectivity index is 3.19. The molecule has 0 radical (unpaired) electrons. The summed E-state index contributed by atoms with van der Waals surface area (Å²) in [4.78, 5) is 11.2. The van der Waals surface area contributed by atoms with Gasteiger partial charge >= 0.3 is 5.97 Å². The highest BCUT2D eigenvalue weighted by molar-refractivity contribution is 7.91. The van der Waals surface area contributed by atoms with Crippen molar-refractivity contribution < 1.29 is 18.3 Å². The molecule has 0 aliphatic carbocycles. The average molecular weight is 313 g/mol. The van der Waals surface area contributed by atoms with Crippen molar-refractivity contribution in [2.24, 2.45) is 5.41 Å². The van der Waals surface area contributed by atoms with E-state index in [1.807, 2.05) is 20.8 Å². The van der Waals surface area contributed by atoms with Crippen molar-refractivity contribution in [1.29, 1.82) is 0 Å². The van der Waals surface area contributed by atoms with E-state index in [1.165, 1.54) is 0 Å². The third-order valence-corrected chi connectivity index (χ3v) is 5.14. The Morgan fingerprint density at radius 2 is 1.86 bits per heavy atom.